The van der Waals surface area contributed by atoms with Gasteiger partial charge >= 0.3 is 5.97 Å². The highest BCUT2D eigenvalue weighted by molar-refractivity contribution is 5.88. The zero-order valence-corrected chi connectivity index (χ0v) is 9.67. The maximum Gasteiger partial charge on any atom is 0.335 e. The van der Waals surface area contributed by atoms with E-state index in [1.807, 2.05) is 0 Å². The van der Waals surface area contributed by atoms with Crippen molar-refractivity contribution in [2.24, 2.45) is 11.5 Å². The van der Waals surface area contributed by atoms with Crippen molar-refractivity contribution in [1.29, 1.82) is 0 Å². The second kappa shape index (κ2) is 5.03. The summed E-state index contributed by atoms with van der Waals surface area (Å²) in [6.07, 6.45) is 0. The predicted molar refractivity (Wildman–Crippen MR) is 67.1 cm³/mol. The maximum absolute atomic E-state index is 10.7. The quantitative estimate of drug-likeness (QED) is 0.760. The van der Waals surface area contributed by atoms with Gasteiger partial charge in [-0.2, -0.15) is 0 Å². The molecule has 1 heterocycles. The lowest BCUT2D eigenvalue weighted by molar-refractivity contribution is 0.0697. The molecule has 0 amide bonds. The zero-order chi connectivity index (χ0) is 13.1. The zero-order valence-electron chi connectivity index (χ0n) is 9.67. The highest BCUT2D eigenvalue weighted by Crippen LogP contribution is 2.24. The number of carbonyl (C=O) groups is 1. The molecular formula is C13H14N2O3. The first kappa shape index (κ1) is 12.3. The maximum atomic E-state index is 10.7. The minimum absolute atomic E-state index is 0.240. The Balaban J connectivity index is 2.26. The molecule has 1 unspecified atom stereocenters. The molecule has 0 aliphatic heterocycles. The molecule has 1 aromatic heterocycles. The highest BCUT2D eigenvalue weighted by atomic mass is 16.4. The summed E-state index contributed by atoms with van der Waals surface area (Å²) in [4.78, 5) is 10.7. The average Bonchev–Trinajstić information content (AvgIpc) is 2.87. The number of carboxylic acids is 1. The lowest BCUT2D eigenvalue weighted by Crippen LogP contribution is -2.19. The fourth-order valence-corrected chi connectivity index (χ4v) is 1.60. The summed E-state index contributed by atoms with van der Waals surface area (Å²) < 4.78 is 5.57. The second-order valence-electron chi connectivity index (χ2n) is 3.93. The van der Waals surface area contributed by atoms with Crippen LogP contribution in [-0.4, -0.2) is 17.6 Å². The van der Waals surface area contributed by atoms with Gasteiger partial charge in [-0.3, -0.25) is 0 Å². The van der Waals surface area contributed by atoms with Crippen molar-refractivity contribution in [2.45, 2.75) is 6.04 Å². The van der Waals surface area contributed by atoms with Crippen molar-refractivity contribution in [3.05, 3.63) is 47.7 Å². The van der Waals surface area contributed by atoms with Crippen molar-refractivity contribution in [3.8, 4) is 11.3 Å². The van der Waals surface area contributed by atoms with Gasteiger partial charge in [-0.1, -0.05) is 12.1 Å². The van der Waals surface area contributed by atoms with Gasteiger partial charge in [0, 0.05) is 12.1 Å². The fourth-order valence-electron chi connectivity index (χ4n) is 1.60. The SMILES string of the molecule is NCC(N)c1ccc(-c2ccc(C(=O)O)cc2)o1. The molecule has 0 aliphatic rings. The Labute approximate surface area is 104 Å². The van der Waals surface area contributed by atoms with E-state index in [-0.39, 0.29) is 11.6 Å². The van der Waals surface area contributed by atoms with Crippen LogP contribution in [0.4, 0.5) is 0 Å². The van der Waals surface area contributed by atoms with Crippen LogP contribution in [0.5, 0.6) is 0 Å². The van der Waals surface area contributed by atoms with Crippen LogP contribution in [0, 0.1) is 0 Å². The minimum atomic E-state index is -0.952. The molecule has 0 fully saturated rings. The third-order valence-corrected chi connectivity index (χ3v) is 2.66. The molecule has 0 saturated heterocycles. The molecular weight excluding hydrogens is 232 g/mol. The van der Waals surface area contributed by atoms with Crippen LogP contribution in [0.15, 0.2) is 40.8 Å². The van der Waals surface area contributed by atoms with Crippen molar-refractivity contribution >= 4 is 5.97 Å². The summed E-state index contributed by atoms with van der Waals surface area (Å²) in [5.41, 5.74) is 12.2. The summed E-state index contributed by atoms with van der Waals surface area (Å²) in [6, 6.07) is 9.70. The molecule has 0 spiro atoms. The van der Waals surface area contributed by atoms with Gasteiger partial charge in [0.05, 0.1) is 11.6 Å². The molecule has 5 N–H and O–H groups in total. The Bertz CT molecular complexity index is 546. The monoisotopic (exact) mass is 246 g/mol. The molecule has 0 bridgehead atoms. The predicted octanol–water partition coefficient (Wildman–Crippen LogP) is 1.60. The number of rotatable bonds is 4. The summed E-state index contributed by atoms with van der Waals surface area (Å²) in [5.74, 6) is 0.312. The number of carboxylic acid groups (broad SMARTS) is 1. The fraction of sp³-hybridized carbons (Fsp3) is 0.154. The lowest BCUT2D eigenvalue weighted by atomic mass is 10.1. The number of hydrogen-bond donors (Lipinski definition) is 3. The molecule has 0 saturated carbocycles. The van der Waals surface area contributed by atoms with Crippen LogP contribution in [0.1, 0.15) is 22.2 Å². The van der Waals surface area contributed by atoms with Gasteiger partial charge in [0.15, 0.2) is 0 Å². The first-order valence-corrected chi connectivity index (χ1v) is 5.51. The van der Waals surface area contributed by atoms with Crippen LogP contribution in [0.2, 0.25) is 0 Å². The molecule has 1 atom stereocenters. The average molecular weight is 246 g/mol. The van der Waals surface area contributed by atoms with E-state index in [9.17, 15) is 4.79 Å². The van der Waals surface area contributed by atoms with Gasteiger partial charge in [0.2, 0.25) is 0 Å². The van der Waals surface area contributed by atoms with Crippen LogP contribution in [-0.2, 0) is 0 Å². The van der Waals surface area contributed by atoms with E-state index in [1.165, 1.54) is 12.1 Å². The summed E-state index contributed by atoms with van der Waals surface area (Å²) in [5, 5.41) is 8.80. The van der Waals surface area contributed by atoms with E-state index in [0.29, 0.717) is 18.1 Å². The first-order valence-electron chi connectivity index (χ1n) is 5.51. The summed E-state index contributed by atoms with van der Waals surface area (Å²) in [7, 11) is 0. The van der Waals surface area contributed by atoms with Gasteiger partial charge < -0.3 is 21.0 Å². The molecule has 2 rings (SSSR count). The van der Waals surface area contributed by atoms with Crippen LogP contribution in [0.3, 0.4) is 0 Å². The topological polar surface area (TPSA) is 102 Å². The largest absolute Gasteiger partial charge is 0.478 e. The Hall–Kier alpha value is -2.11. The van der Waals surface area contributed by atoms with Crippen molar-refractivity contribution in [1.82, 2.24) is 0 Å². The number of nitrogens with two attached hydrogens (primary N) is 2. The third-order valence-electron chi connectivity index (χ3n) is 2.66. The normalized spacial score (nSPS) is 12.3. The van der Waals surface area contributed by atoms with Gasteiger partial charge in [0.25, 0.3) is 0 Å². The highest BCUT2D eigenvalue weighted by Gasteiger charge is 2.11. The van der Waals surface area contributed by atoms with Crippen molar-refractivity contribution in [3.63, 3.8) is 0 Å². The molecule has 18 heavy (non-hydrogen) atoms. The van der Waals surface area contributed by atoms with E-state index in [0.717, 1.165) is 5.56 Å². The van der Waals surface area contributed by atoms with E-state index >= 15 is 0 Å². The molecule has 0 radical (unpaired) electrons. The van der Waals surface area contributed by atoms with Gasteiger partial charge in [-0.25, -0.2) is 4.79 Å². The molecule has 5 nitrogen and oxygen atoms in total. The van der Waals surface area contributed by atoms with Gasteiger partial charge in [-0.15, -0.1) is 0 Å². The van der Waals surface area contributed by atoms with Crippen molar-refractivity contribution in [2.75, 3.05) is 6.54 Å². The molecule has 1 aromatic carbocycles. The summed E-state index contributed by atoms with van der Waals surface area (Å²) >= 11 is 0. The summed E-state index contributed by atoms with van der Waals surface area (Å²) in [6.45, 7) is 0.310. The second-order valence-corrected chi connectivity index (χ2v) is 3.93. The number of benzene rings is 1. The Morgan fingerprint density at radius 1 is 1.22 bits per heavy atom. The van der Waals surface area contributed by atoms with E-state index < -0.39 is 5.97 Å². The van der Waals surface area contributed by atoms with E-state index in [4.69, 9.17) is 21.0 Å². The molecule has 0 aliphatic carbocycles. The minimum Gasteiger partial charge on any atom is -0.478 e. The molecule has 5 heteroatoms. The number of hydrogen-bond acceptors (Lipinski definition) is 4. The van der Waals surface area contributed by atoms with Gasteiger partial charge in [0.1, 0.15) is 11.5 Å². The Morgan fingerprint density at radius 3 is 2.44 bits per heavy atom. The first-order chi connectivity index (χ1) is 8.61. The molecule has 94 valence electrons. The van der Waals surface area contributed by atoms with Crippen LogP contribution < -0.4 is 11.5 Å². The third kappa shape index (κ3) is 2.42. The van der Waals surface area contributed by atoms with Crippen LogP contribution in [0.25, 0.3) is 11.3 Å². The van der Waals surface area contributed by atoms with Crippen molar-refractivity contribution < 1.29 is 14.3 Å². The van der Waals surface area contributed by atoms with Gasteiger partial charge in [-0.05, 0) is 24.3 Å². The number of furan rings is 1. The smallest absolute Gasteiger partial charge is 0.335 e. The van der Waals surface area contributed by atoms with E-state index in [2.05, 4.69) is 0 Å². The number of aromatic carboxylic acids is 1. The molecule has 2 aromatic rings. The standard InChI is InChI=1S/C13H14N2O3/c14-7-10(15)12-6-5-11(18-12)8-1-3-9(4-2-8)13(16)17/h1-6,10H,7,14-15H2,(H,16,17). The Morgan fingerprint density at radius 2 is 1.89 bits per heavy atom. The van der Waals surface area contributed by atoms with Crippen LogP contribution >= 0.6 is 0 Å². The Kier molecular flexibility index (Phi) is 3.45. The van der Waals surface area contributed by atoms with E-state index in [1.54, 1.807) is 24.3 Å². The lowest BCUT2D eigenvalue weighted by Gasteiger charge is -2.04.